The molecule has 282 valence electrons. The zero-order valence-corrected chi connectivity index (χ0v) is 33.4. The summed E-state index contributed by atoms with van der Waals surface area (Å²) in [6, 6.07) is 33.1. The summed E-state index contributed by atoms with van der Waals surface area (Å²) in [5.41, 5.74) is 11.2. The molecule has 7 heteroatoms. The standard InChI is InChI=1S/C48H50N4O2.ClH/c1-47(2)38-21-11-14-24-41(38)50(5)43(47)26-17-27-44-48(3,4)39-22-12-15-25-42(39)51(44)33-16-6-7-28-45(53)49-32-31-46(54)52-34-37-20-9-8-18-35(37)29-30-36-19-10-13-23-40(36)52;/h8-15,17-27H,6-7,16,28,31-34H2,1-5H3;1H. The molecule has 0 saturated heterocycles. The molecule has 0 radical (unpaired) electrons. The molecule has 0 fully saturated rings. The maximum Gasteiger partial charge on any atom is 0.229 e. The number of nitrogens with one attached hydrogen (secondary N) is 1. The Hall–Kier alpha value is -5.38. The van der Waals surface area contributed by atoms with Crippen molar-refractivity contribution in [3.63, 3.8) is 0 Å². The quantitative estimate of drug-likeness (QED) is 0.117. The van der Waals surface area contributed by atoms with Gasteiger partial charge in [0.2, 0.25) is 17.5 Å². The number of unbranched alkanes of at least 4 members (excludes halogenated alkanes) is 2. The average molecular weight is 751 g/mol. The molecule has 6 nitrogen and oxygen atoms in total. The van der Waals surface area contributed by atoms with E-state index in [0.717, 1.165) is 48.2 Å². The Morgan fingerprint density at radius 1 is 0.764 bits per heavy atom. The molecule has 4 aromatic carbocycles. The van der Waals surface area contributed by atoms with Gasteiger partial charge in [0.25, 0.3) is 0 Å². The van der Waals surface area contributed by atoms with E-state index in [4.69, 9.17) is 0 Å². The van der Waals surface area contributed by atoms with Gasteiger partial charge in [0.05, 0.1) is 17.6 Å². The van der Waals surface area contributed by atoms with Crippen LogP contribution >= 0.6 is 0 Å². The van der Waals surface area contributed by atoms with Crippen molar-refractivity contribution in [3.8, 4) is 11.8 Å². The number of rotatable bonds is 11. The first-order valence-corrected chi connectivity index (χ1v) is 19.3. The fourth-order valence-electron chi connectivity index (χ4n) is 8.39. The zero-order chi connectivity index (χ0) is 37.9. The number of carbonyl (C=O) groups is 2. The summed E-state index contributed by atoms with van der Waals surface area (Å²) in [5.74, 6) is 6.47. The highest BCUT2D eigenvalue weighted by Gasteiger charge is 2.43. The average Bonchev–Trinajstić information content (AvgIpc) is 3.50. The van der Waals surface area contributed by atoms with Gasteiger partial charge in [-0.3, -0.25) is 9.59 Å². The lowest BCUT2D eigenvalue weighted by Gasteiger charge is -2.27. The zero-order valence-electron chi connectivity index (χ0n) is 32.7. The van der Waals surface area contributed by atoms with Gasteiger partial charge in [-0.1, -0.05) is 105 Å². The molecule has 0 unspecified atom stereocenters. The molecule has 3 heterocycles. The SMILES string of the molecule is C[N+]1=C(C=CC=C2N(CCCCCC(=O)NCCC(=O)N3Cc4ccccc4C#Cc4ccccc43)c3ccccc3C2(C)C)C(C)(C)c2ccccc21.[Cl-]. The van der Waals surface area contributed by atoms with Crippen LogP contribution in [0.4, 0.5) is 17.1 Å². The van der Waals surface area contributed by atoms with Gasteiger partial charge in [-0.05, 0) is 68.2 Å². The molecular formula is C48H51ClN4O2. The van der Waals surface area contributed by atoms with Crippen LogP contribution in [0.15, 0.2) is 121 Å². The third-order valence-electron chi connectivity index (χ3n) is 11.4. The van der Waals surface area contributed by atoms with Crippen molar-refractivity contribution in [3.05, 3.63) is 149 Å². The first kappa shape index (κ1) is 39.3. The van der Waals surface area contributed by atoms with Gasteiger partial charge >= 0.3 is 0 Å². The maximum absolute atomic E-state index is 13.5. The van der Waals surface area contributed by atoms with Gasteiger partial charge in [-0.25, -0.2) is 0 Å². The smallest absolute Gasteiger partial charge is 0.229 e. The summed E-state index contributed by atoms with van der Waals surface area (Å²) < 4.78 is 2.31. The number of hydrogen-bond donors (Lipinski definition) is 1. The van der Waals surface area contributed by atoms with E-state index in [0.29, 0.717) is 19.5 Å². The van der Waals surface area contributed by atoms with Crippen LogP contribution in [0.3, 0.4) is 0 Å². The Balaban J connectivity index is 0.00000514. The first-order valence-electron chi connectivity index (χ1n) is 19.3. The lowest BCUT2D eigenvalue weighted by atomic mass is 9.81. The Labute approximate surface area is 333 Å². The number of para-hydroxylation sites is 3. The van der Waals surface area contributed by atoms with Gasteiger partial charge in [-0.2, -0.15) is 4.58 Å². The van der Waals surface area contributed by atoms with Crippen molar-refractivity contribution in [2.45, 2.75) is 77.2 Å². The van der Waals surface area contributed by atoms with Crippen LogP contribution in [0.1, 0.15) is 87.6 Å². The second kappa shape index (κ2) is 16.6. The molecule has 3 aliphatic heterocycles. The lowest BCUT2D eigenvalue weighted by molar-refractivity contribution is -0.401. The van der Waals surface area contributed by atoms with E-state index < -0.39 is 0 Å². The Bertz CT molecular complexity index is 2250. The van der Waals surface area contributed by atoms with Gasteiger partial charge < -0.3 is 27.5 Å². The predicted octanol–water partition coefficient (Wildman–Crippen LogP) is 5.95. The molecule has 0 saturated carbocycles. The van der Waals surface area contributed by atoms with Crippen LogP contribution in [0.5, 0.6) is 0 Å². The molecule has 7 rings (SSSR count). The third-order valence-corrected chi connectivity index (χ3v) is 11.4. The monoisotopic (exact) mass is 750 g/mol. The van der Waals surface area contributed by atoms with Crippen molar-refractivity contribution >= 4 is 34.6 Å². The minimum atomic E-state index is -0.131. The topological polar surface area (TPSA) is 55.7 Å². The van der Waals surface area contributed by atoms with Crippen molar-refractivity contribution in [1.29, 1.82) is 0 Å². The fraction of sp³-hybridized carbons (Fsp3) is 0.312. The third kappa shape index (κ3) is 7.90. The highest BCUT2D eigenvalue weighted by atomic mass is 35.5. The van der Waals surface area contributed by atoms with Gasteiger partial charge in [0.15, 0.2) is 5.71 Å². The molecule has 0 atom stereocenters. The molecule has 0 spiro atoms. The molecule has 0 aliphatic carbocycles. The number of benzene rings is 4. The normalized spacial score (nSPS) is 16.6. The van der Waals surface area contributed by atoms with Crippen molar-refractivity contribution < 1.29 is 26.6 Å². The van der Waals surface area contributed by atoms with Gasteiger partial charge in [0.1, 0.15) is 7.05 Å². The van der Waals surface area contributed by atoms with Crippen LogP contribution in [0, 0.1) is 11.8 Å². The molecule has 55 heavy (non-hydrogen) atoms. The number of hydrogen-bond acceptors (Lipinski definition) is 3. The number of amides is 2. The van der Waals surface area contributed by atoms with Crippen molar-refractivity contribution in [1.82, 2.24) is 5.32 Å². The minimum absolute atomic E-state index is 0. The molecule has 4 aromatic rings. The number of carbonyl (C=O) groups excluding carboxylic acids is 2. The summed E-state index contributed by atoms with van der Waals surface area (Å²) in [6.45, 7) is 10.9. The molecule has 3 aliphatic rings. The molecule has 2 amide bonds. The summed E-state index contributed by atoms with van der Waals surface area (Å²) in [4.78, 5) is 30.7. The number of allylic oxidation sites excluding steroid dienone is 4. The van der Waals surface area contributed by atoms with E-state index in [1.54, 1.807) is 4.90 Å². The van der Waals surface area contributed by atoms with E-state index in [-0.39, 0.29) is 41.5 Å². The summed E-state index contributed by atoms with van der Waals surface area (Å²) >= 11 is 0. The molecule has 1 N–H and O–H groups in total. The largest absolute Gasteiger partial charge is 1.00 e. The van der Waals surface area contributed by atoms with Crippen molar-refractivity contribution in [2.24, 2.45) is 0 Å². The summed E-state index contributed by atoms with van der Waals surface area (Å²) in [6.07, 6.45) is 10.2. The van der Waals surface area contributed by atoms with Gasteiger partial charge in [0, 0.05) is 71.6 Å². The van der Waals surface area contributed by atoms with Crippen LogP contribution in [-0.2, 0) is 27.0 Å². The summed E-state index contributed by atoms with van der Waals surface area (Å²) in [5, 5.41) is 3.00. The Morgan fingerprint density at radius 2 is 1.42 bits per heavy atom. The molecule has 0 bridgehead atoms. The number of halogens is 1. The maximum atomic E-state index is 13.5. The van der Waals surface area contributed by atoms with Crippen LogP contribution < -0.4 is 27.5 Å². The number of anilines is 2. The highest BCUT2D eigenvalue weighted by Crippen LogP contribution is 2.48. The van der Waals surface area contributed by atoms with Gasteiger partial charge in [-0.15, -0.1) is 0 Å². The van der Waals surface area contributed by atoms with Crippen LogP contribution in [0.25, 0.3) is 0 Å². The second-order valence-electron chi connectivity index (χ2n) is 15.6. The lowest BCUT2D eigenvalue weighted by Crippen LogP contribution is -3.00. The van der Waals surface area contributed by atoms with E-state index in [1.165, 1.54) is 33.9 Å². The van der Waals surface area contributed by atoms with E-state index in [1.807, 2.05) is 48.5 Å². The summed E-state index contributed by atoms with van der Waals surface area (Å²) in [7, 11) is 2.16. The van der Waals surface area contributed by atoms with Crippen LogP contribution in [0.2, 0.25) is 0 Å². The van der Waals surface area contributed by atoms with E-state index in [9.17, 15) is 9.59 Å². The fourth-order valence-corrected chi connectivity index (χ4v) is 8.39. The Morgan fingerprint density at radius 3 is 2.20 bits per heavy atom. The first-order chi connectivity index (χ1) is 26.1. The number of nitrogens with zero attached hydrogens (tertiary/aromatic N) is 3. The van der Waals surface area contributed by atoms with E-state index in [2.05, 4.69) is 128 Å². The number of fused-ring (bicyclic) bond motifs is 4. The van der Waals surface area contributed by atoms with E-state index >= 15 is 0 Å². The second-order valence-corrected chi connectivity index (χ2v) is 15.6. The van der Waals surface area contributed by atoms with Crippen LogP contribution in [-0.4, -0.2) is 42.2 Å². The highest BCUT2D eigenvalue weighted by molar-refractivity contribution is 6.03. The Kier molecular flexibility index (Phi) is 11.8. The van der Waals surface area contributed by atoms with Crippen molar-refractivity contribution in [2.75, 3.05) is 29.9 Å². The minimum Gasteiger partial charge on any atom is -1.00 e. The molecular weight excluding hydrogens is 700 g/mol. The molecule has 0 aromatic heterocycles. The predicted molar refractivity (Wildman–Crippen MR) is 221 cm³/mol.